The fourth-order valence-corrected chi connectivity index (χ4v) is 1.87. The van der Waals surface area contributed by atoms with Crippen molar-refractivity contribution in [3.63, 3.8) is 0 Å². The van der Waals surface area contributed by atoms with Gasteiger partial charge < -0.3 is 9.15 Å². The number of para-hydroxylation sites is 1. The summed E-state index contributed by atoms with van der Waals surface area (Å²) in [6.45, 7) is 0. The quantitative estimate of drug-likeness (QED) is 0.641. The zero-order valence-electron chi connectivity index (χ0n) is 8.70. The van der Waals surface area contributed by atoms with E-state index >= 15 is 0 Å². The Morgan fingerprint density at radius 3 is 3.06 bits per heavy atom. The van der Waals surface area contributed by atoms with Gasteiger partial charge in [0, 0.05) is 10.9 Å². The summed E-state index contributed by atoms with van der Waals surface area (Å²) < 4.78 is 10.1. The molecule has 0 fully saturated rings. The van der Waals surface area contributed by atoms with Gasteiger partial charge in [-0.25, -0.2) is 4.98 Å². The van der Waals surface area contributed by atoms with Gasteiger partial charge in [0.1, 0.15) is 11.9 Å². The van der Waals surface area contributed by atoms with Crippen LogP contribution in [0.4, 0.5) is 0 Å². The lowest BCUT2D eigenvalue weighted by Crippen LogP contribution is -2.04. The summed E-state index contributed by atoms with van der Waals surface area (Å²) in [5.41, 5.74) is 2.50. The van der Waals surface area contributed by atoms with E-state index in [4.69, 9.17) is 4.42 Å². The molecular formula is C11H10BrNO3. The number of ether oxygens (including phenoxy) is 1. The van der Waals surface area contributed by atoms with Crippen molar-refractivity contribution in [1.82, 2.24) is 4.98 Å². The number of esters is 1. The summed E-state index contributed by atoms with van der Waals surface area (Å²) in [6.07, 6.45) is 0.0624. The van der Waals surface area contributed by atoms with Crippen LogP contribution < -0.4 is 0 Å². The molecule has 2 aromatic rings. The summed E-state index contributed by atoms with van der Waals surface area (Å²) in [5.74, 6) is 0.0298. The summed E-state index contributed by atoms with van der Waals surface area (Å²) >= 11 is 3.37. The lowest BCUT2D eigenvalue weighted by molar-refractivity contribution is -0.140. The van der Waals surface area contributed by atoms with Gasteiger partial charge in [-0.15, -0.1) is 0 Å². The van der Waals surface area contributed by atoms with Gasteiger partial charge in [-0.05, 0) is 6.07 Å². The Hall–Kier alpha value is -1.36. The molecule has 0 spiro atoms. The molecule has 0 saturated heterocycles. The van der Waals surface area contributed by atoms with Crippen molar-refractivity contribution in [2.75, 3.05) is 7.11 Å². The molecule has 0 amide bonds. The Labute approximate surface area is 101 Å². The van der Waals surface area contributed by atoms with Gasteiger partial charge in [0.15, 0.2) is 5.58 Å². The third-order valence-corrected chi connectivity index (χ3v) is 2.81. The van der Waals surface area contributed by atoms with E-state index in [1.54, 1.807) is 0 Å². The Bertz CT molecular complexity index is 521. The van der Waals surface area contributed by atoms with Crippen LogP contribution in [0, 0.1) is 0 Å². The number of alkyl halides is 1. The number of rotatable bonds is 3. The molecule has 0 bridgehead atoms. The number of aromatic nitrogens is 1. The fraction of sp³-hybridized carbons (Fsp3) is 0.273. The smallest absolute Gasteiger partial charge is 0.314 e. The van der Waals surface area contributed by atoms with E-state index in [0.717, 1.165) is 16.7 Å². The minimum absolute atomic E-state index is 0.0624. The summed E-state index contributed by atoms with van der Waals surface area (Å²) in [4.78, 5) is 15.3. The van der Waals surface area contributed by atoms with Crippen molar-refractivity contribution in [1.29, 1.82) is 0 Å². The first-order chi connectivity index (χ1) is 7.74. The van der Waals surface area contributed by atoms with Gasteiger partial charge >= 0.3 is 5.97 Å². The maximum Gasteiger partial charge on any atom is 0.314 e. The number of halogens is 1. The van der Waals surface area contributed by atoms with Crippen molar-refractivity contribution in [3.8, 4) is 0 Å². The molecule has 0 unspecified atom stereocenters. The fourth-order valence-electron chi connectivity index (χ4n) is 1.43. The molecule has 0 aliphatic rings. The summed E-state index contributed by atoms with van der Waals surface area (Å²) in [5, 5.41) is 0.692. The number of methoxy groups -OCH3 is 1. The average Bonchev–Trinajstić information content (AvgIpc) is 2.70. The predicted octanol–water partition coefficient (Wildman–Crippen LogP) is 2.44. The lowest BCUT2D eigenvalue weighted by atomic mass is 10.2. The minimum Gasteiger partial charge on any atom is -0.469 e. The zero-order chi connectivity index (χ0) is 11.5. The van der Waals surface area contributed by atoms with Gasteiger partial charge in [0.2, 0.25) is 5.89 Å². The van der Waals surface area contributed by atoms with E-state index in [1.165, 1.54) is 7.11 Å². The van der Waals surface area contributed by atoms with Crippen molar-refractivity contribution in [3.05, 3.63) is 29.7 Å². The van der Waals surface area contributed by atoms with Crippen molar-refractivity contribution < 1.29 is 13.9 Å². The number of carbonyl (C=O) groups excluding carboxylic acids is 1. The third kappa shape index (κ3) is 2.09. The second-order valence-corrected chi connectivity index (χ2v) is 3.82. The van der Waals surface area contributed by atoms with Crippen molar-refractivity contribution in [2.24, 2.45) is 0 Å². The van der Waals surface area contributed by atoms with Crippen LogP contribution in [0.3, 0.4) is 0 Å². The van der Waals surface area contributed by atoms with E-state index in [-0.39, 0.29) is 12.4 Å². The van der Waals surface area contributed by atoms with Gasteiger partial charge in [-0.3, -0.25) is 4.79 Å². The van der Waals surface area contributed by atoms with Gasteiger partial charge in [-0.2, -0.15) is 0 Å². The van der Waals surface area contributed by atoms with E-state index in [0.29, 0.717) is 11.2 Å². The highest BCUT2D eigenvalue weighted by Crippen LogP contribution is 2.22. The molecule has 1 heterocycles. The Balaban J connectivity index is 2.39. The van der Waals surface area contributed by atoms with Crippen molar-refractivity contribution in [2.45, 2.75) is 11.8 Å². The number of carbonyl (C=O) groups is 1. The largest absolute Gasteiger partial charge is 0.469 e. The maximum absolute atomic E-state index is 11.1. The van der Waals surface area contributed by atoms with Crippen LogP contribution in [0.15, 0.2) is 22.6 Å². The SMILES string of the molecule is COC(=O)Cc1nc2cccc(CBr)c2o1. The minimum atomic E-state index is -0.355. The number of fused-ring (bicyclic) bond motifs is 1. The standard InChI is InChI=1S/C11H10BrNO3/c1-15-10(14)5-9-13-8-4-2-3-7(6-12)11(8)16-9/h2-4H,5-6H2,1H3. The maximum atomic E-state index is 11.1. The van der Waals surface area contributed by atoms with Crippen LogP contribution in [-0.4, -0.2) is 18.1 Å². The van der Waals surface area contributed by atoms with Crippen LogP contribution >= 0.6 is 15.9 Å². The molecule has 0 aliphatic heterocycles. The molecule has 0 atom stereocenters. The van der Waals surface area contributed by atoms with Crippen LogP contribution in [0.1, 0.15) is 11.5 Å². The second kappa shape index (κ2) is 4.65. The topological polar surface area (TPSA) is 52.3 Å². The average molecular weight is 284 g/mol. The van der Waals surface area contributed by atoms with Crippen molar-refractivity contribution >= 4 is 33.0 Å². The van der Waals surface area contributed by atoms with E-state index in [9.17, 15) is 4.79 Å². The number of oxazole rings is 1. The van der Waals surface area contributed by atoms with E-state index in [1.807, 2.05) is 18.2 Å². The lowest BCUT2D eigenvalue weighted by Gasteiger charge is -1.94. The number of hydrogen-bond acceptors (Lipinski definition) is 4. The molecule has 1 aromatic carbocycles. The first-order valence-corrected chi connectivity index (χ1v) is 5.87. The van der Waals surface area contributed by atoms with Gasteiger partial charge in [-0.1, -0.05) is 28.1 Å². The molecule has 1 aromatic heterocycles. The van der Waals surface area contributed by atoms with E-state index in [2.05, 4.69) is 25.7 Å². The van der Waals surface area contributed by atoms with Gasteiger partial charge in [0.05, 0.1) is 7.11 Å². The molecular weight excluding hydrogens is 274 g/mol. The third-order valence-electron chi connectivity index (χ3n) is 2.21. The molecule has 0 radical (unpaired) electrons. The normalized spacial score (nSPS) is 10.6. The molecule has 16 heavy (non-hydrogen) atoms. The second-order valence-electron chi connectivity index (χ2n) is 3.26. The Morgan fingerprint density at radius 1 is 1.56 bits per heavy atom. The molecule has 84 valence electrons. The molecule has 5 heteroatoms. The zero-order valence-corrected chi connectivity index (χ0v) is 10.3. The van der Waals surface area contributed by atoms with Gasteiger partial charge in [0.25, 0.3) is 0 Å². The van der Waals surface area contributed by atoms with Crippen LogP contribution in [-0.2, 0) is 21.3 Å². The van der Waals surface area contributed by atoms with Crippen LogP contribution in [0.25, 0.3) is 11.1 Å². The Morgan fingerprint density at radius 2 is 2.38 bits per heavy atom. The number of benzene rings is 1. The highest BCUT2D eigenvalue weighted by molar-refractivity contribution is 9.08. The Kier molecular flexibility index (Phi) is 3.24. The highest BCUT2D eigenvalue weighted by Gasteiger charge is 2.12. The summed E-state index contributed by atoms with van der Waals surface area (Å²) in [6, 6.07) is 5.71. The highest BCUT2D eigenvalue weighted by atomic mass is 79.9. The number of nitrogens with zero attached hydrogens (tertiary/aromatic N) is 1. The monoisotopic (exact) mass is 283 g/mol. The van der Waals surface area contributed by atoms with Crippen LogP contribution in [0.2, 0.25) is 0 Å². The van der Waals surface area contributed by atoms with Crippen LogP contribution in [0.5, 0.6) is 0 Å². The summed E-state index contributed by atoms with van der Waals surface area (Å²) in [7, 11) is 1.34. The van der Waals surface area contributed by atoms with E-state index < -0.39 is 0 Å². The molecule has 0 N–H and O–H groups in total. The predicted molar refractivity (Wildman–Crippen MR) is 62.4 cm³/mol. The molecule has 2 rings (SSSR count). The molecule has 4 nitrogen and oxygen atoms in total. The first-order valence-electron chi connectivity index (χ1n) is 4.74. The molecule has 0 saturated carbocycles. The number of hydrogen-bond donors (Lipinski definition) is 0. The molecule has 0 aliphatic carbocycles. The first kappa shape index (κ1) is 11.1.